The molecule has 2 fully saturated rings. The van der Waals surface area contributed by atoms with Gasteiger partial charge in [-0.1, -0.05) is 0 Å². The molecule has 27 heavy (non-hydrogen) atoms. The van der Waals surface area contributed by atoms with Crippen molar-refractivity contribution in [3.8, 4) is 11.1 Å². The smallest absolute Gasteiger partial charge is 0.137 e. The zero-order valence-electron chi connectivity index (χ0n) is 15.7. The lowest BCUT2D eigenvalue weighted by molar-refractivity contribution is 0.118. The lowest BCUT2D eigenvalue weighted by Crippen LogP contribution is -2.39. The van der Waals surface area contributed by atoms with Gasteiger partial charge in [-0.05, 0) is 49.7 Å². The van der Waals surface area contributed by atoms with Crippen LogP contribution in [0.4, 0.5) is 0 Å². The van der Waals surface area contributed by atoms with Crippen LogP contribution in [-0.4, -0.2) is 57.4 Å². The van der Waals surface area contributed by atoms with Gasteiger partial charge < -0.3 is 9.72 Å². The first-order valence-corrected chi connectivity index (χ1v) is 10.2. The van der Waals surface area contributed by atoms with Crippen molar-refractivity contribution in [1.29, 1.82) is 0 Å². The number of nitrogens with zero attached hydrogens (tertiary/aromatic N) is 3. The van der Waals surface area contributed by atoms with Crippen molar-refractivity contribution in [1.82, 2.24) is 25.1 Å². The molecule has 6 heteroatoms. The number of fused-ring (bicyclic) bond motifs is 1. The molecule has 1 saturated carbocycles. The van der Waals surface area contributed by atoms with E-state index in [1.54, 1.807) is 0 Å². The Bertz CT molecular complexity index is 871. The minimum atomic E-state index is 0.619. The van der Waals surface area contributed by atoms with E-state index in [1.165, 1.54) is 55.2 Å². The molecular formula is C21H27N5O. The Kier molecular flexibility index (Phi) is 4.67. The van der Waals surface area contributed by atoms with Crippen molar-refractivity contribution in [2.75, 3.05) is 26.3 Å². The number of aromatic amines is 2. The van der Waals surface area contributed by atoms with Crippen molar-refractivity contribution in [2.24, 2.45) is 0 Å². The van der Waals surface area contributed by atoms with Crippen LogP contribution in [-0.2, 0) is 4.74 Å². The summed E-state index contributed by atoms with van der Waals surface area (Å²) < 4.78 is 5.62. The fraction of sp³-hybridized carbons (Fsp3) is 0.524. The number of hydrogen-bond acceptors (Lipinski definition) is 4. The summed E-state index contributed by atoms with van der Waals surface area (Å²) in [5, 5.41) is 8.18. The van der Waals surface area contributed by atoms with Crippen LogP contribution in [0.5, 0.6) is 0 Å². The number of rotatable bonds is 3. The minimum absolute atomic E-state index is 0.619. The highest BCUT2D eigenvalue weighted by Gasteiger charge is 2.27. The normalized spacial score (nSPS) is 24.9. The first kappa shape index (κ1) is 17.0. The Morgan fingerprint density at radius 3 is 2.81 bits per heavy atom. The molecule has 1 saturated heterocycles. The quantitative estimate of drug-likeness (QED) is 0.742. The van der Waals surface area contributed by atoms with Crippen molar-refractivity contribution in [2.45, 2.75) is 44.1 Å². The Morgan fingerprint density at radius 2 is 1.96 bits per heavy atom. The number of nitrogens with one attached hydrogen (secondary N) is 2. The van der Waals surface area contributed by atoms with Gasteiger partial charge in [0.15, 0.2) is 0 Å². The van der Waals surface area contributed by atoms with Gasteiger partial charge in [0.25, 0.3) is 0 Å². The van der Waals surface area contributed by atoms with Crippen LogP contribution in [0.25, 0.3) is 22.2 Å². The zero-order chi connectivity index (χ0) is 18.1. The van der Waals surface area contributed by atoms with Gasteiger partial charge in [-0.3, -0.25) is 10.00 Å². The SMILES string of the molecule is c1n[nH]cc1-c1c[nH]c2ncc(C3CCC(N4CCCOCC4)CC3)cc12. The molecular weight excluding hydrogens is 338 g/mol. The molecule has 0 spiro atoms. The third kappa shape index (κ3) is 3.39. The maximum atomic E-state index is 5.62. The summed E-state index contributed by atoms with van der Waals surface area (Å²) in [7, 11) is 0. The molecule has 3 aromatic heterocycles. The van der Waals surface area contributed by atoms with Crippen LogP contribution in [0.15, 0.2) is 30.9 Å². The Morgan fingerprint density at radius 1 is 1.04 bits per heavy atom. The van der Waals surface area contributed by atoms with E-state index in [0.29, 0.717) is 5.92 Å². The predicted molar refractivity (Wildman–Crippen MR) is 106 cm³/mol. The summed E-state index contributed by atoms with van der Waals surface area (Å²) in [6.07, 6.45) is 14.1. The average molecular weight is 365 g/mol. The van der Waals surface area contributed by atoms with Gasteiger partial charge in [0, 0.05) is 60.8 Å². The third-order valence-electron chi connectivity index (χ3n) is 6.30. The van der Waals surface area contributed by atoms with Crippen LogP contribution >= 0.6 is 0 Å². The fourth-order valence-electron chi connectivity index (χ4n) is 4.78. The Labute approximate surface area is 159 Å². The highest BCUT2D eigenvalue weighted by Crippen LogP contribution is 2.37. The standard InChI is InChI=1S/C21H27N5O/c1-6-26(7-9-27-8-1)18-4-2-15(3-5-18)16-10-19-20(17-12-24-25-13-17)14-23-21(19)22-11-16/h10-15,18H,1-9H2,(H,22,23)(H,24,25). The second-order valence-electron chi connectivity index (χ2n) is 7.86. The van der Waals surface area contributed by atoms with Crippen molar-refractivity contribution >= 4 is 11.0 Å². The van der Waals surface area contributed by atoms with E-state index in [1.807, 2.05) is 18.6 Å². The summed E-state index contributed by atoms with van der Waals surface area (Å²) in [5.41, 5.74) is 4.61. The first-order valence-electron chi connectivity index (χ1n) is 10.2. The second kappa shape index (κ2) is 7.44. The molecule has 2 aliphatic rings. The summed E-state index contributed by atoms with van der Waals surface area (Å²) in [5.74, 6) is 0.619. The number of aromatic nitrogens is 4. The molecule has 5 rings (SSSR count). The van der Waals surface area contributed by atoms with Gasteiger partial charge in [-0.2, -0.15) is 5.10 Å². The highest BCUT2D eigenvalue weighted by atomic mass is 16.5. The molecule has 0 radical (unpaired) electrons. The van der Waals surface area contributed by atoms with Crippen LogP contribution in [0.1, 0.15) is 43.6 Å². The molecule has 1 aliphatic heterocycles. The van der Waals surface area contributed by atoms with Crippen LogP contribution < -0.4 is 0 Å². The molecule has 0 aromatic carbocycles. The average Bonchev–Trinajstić information content (AvgIpc) is 3.30. The van der Waals surface area contributed by atoms with E-state index in [9.17, 15) is 0 Å². The fourth-order valence-corrected chi connectivity index (χ4v) is 4.78. The molecule has 2 N–H and O–H groups in total. The maximum Gasteiger partial charge on any atom is 0.137 e. The lowest BCUT2D eigenvalue weighted by atomic mass is 9.81. The van der Waals surface area contributed by atoms with Gasteiger partial charge in [-0.25, -0.2) is 4.98 Å². The molecule has 0 bridgehead atoms. The van der Waals surface area contributed by atoms with Gasteiger partial charge in [-0.15, -0.1) is 0 Å². The summed E-state index contributed by atoms with van der Waals surface area (Å²) in [6, 6.07) is 3.07. The van der Waals surface area contributed by atoms with E-state index in [2.05, 4.69) is 32.3 Å². The molecule has 0 amide bonds. The van der Waals surface area contributed by atoms with Crippen LogP contribution in [0, 0.1) is 0 Å². The number of ether oxygens (including phenoxy) is 1. The third-order valence-corrected chi connectivity index (χ3v) is 6.30. The lowest BCUT2D eigenvalue weighted by Gasteiger charge is -2.36. The molecule has 6 nitrogen and oxygen atoms in total. The molecule has 142 valence electrons. The number of H-pyrrole nitrogens is 2. The van der Waals surface area contributed by atoms with Crippen molar-refractivity contribution in [3.63, 3.8) is 0 Å². The molecule has 0 atom stereocenters. The van der Waals surface area contributed by atoms with Gasteiger partial charge in [0.1, 0.15) is 5.65 Å². The zero-order valence-corrected chi connectivity index (χ0v) is 15.7. The molecule has 3 aromatic rings. The topological polar surface area (TPSA) is 69.8 Å². The number of pyridine rings is 1. The van der Waals surface area contributed by atoms with Gasteiger partial charge >= 0.3 is 0 Å². The van der Waals surface area contributed by atoms with Gasteiger partial charge in [0.05, 0.1) is 12.8 Å². The summed E-state index contributed by atoms with van der Waals surface area (Å²) in [6.45, 7) is 4.11. The highest BCUT2D eigenvalue weighted by molar-refractivity contribution is 5.93. The summed E-state index contributed by atoms with van der Waals surface area (Å²) >= 11 is 0. The van der Waals surface area contributed by atoms with Crippen molar-refractivity contribution in [3.05, 3.63) is 36.4 Å². The number of hydrogen-bond donors (Lipinski definition) is 2. The Hall–Kier alpha value is -2.18. The monoisotopic (exact) mass is 365 g/mol. The summed E-state index contributed by atoms with van der Waals surface area (Å²) in [4.78, 5) is 10.6. The van der Waals surface area contributed by atoms with E-state index in [0.717, 1.165) is 37.0 Å². The molecule has 1 aliphatic carbocycles. The van der Waals surface area contributed by atoms with E-state index >= 15 is 0 Å². The minimum Gasteiger partial charge on any atom is -0.380 e. The second-order valence-corrected chi connectivity index (χ2v) is 7.86. The molecule has 4 heterocycles. The van der Waals surface area contributed by atoms with Crippen molar-refractivity contribution < 1.29 is 4.74 Å². The van der Waals surface area contributed by atoms with Gasteiger partial charge in [0.2, 0.25) is 0 Å². The van der Waals surface area contributed by atoms with E-state index in [-0.39, 0.29) is 0 Å². The molecule has 0 unspecified atom stereocenters. The van der Waals surface area contributed by atoms with E-state index in [4.69, 9.17) is 9.72 Å². The van der Waals surface area contributed by atoms with Crippen LogP contribution in [0.3, 0.4) is 0 Å². The predicted octanol–water partition coefficient (Wildman–Crippen LogP) is 3.70. The van der Waals surface area contributed by atoms with E-state index < -0.39 is 0 Å². The van der Waals surface area contributed by atoms with Crippen LogP contribution in [0.2, 0.25) is 0 Å². The first-order chi connectivity index (χ1) is 13.4. The maximum absolute atomic E-state index is 5.62. The Balaban J connectivity index is 1.32. The largest absolute Gasteiger partial charge is 0.380 e.